The summed E-state index contributed by atoms with van der Waals surface area (Å²) in [6.07, 6.45) is 0. The van der Waals surface area contributed by atoms with Crippen molar-refractivity contribution in [3.63, 3.8) is 0 Å². The van der Waals surface area contributed by atoms with E-state index < -0.39 is 5.97 Å². The van der Waals surface area contributed by atoms with Crippen molar-refractivity contribution in [2.75, 3.05) is 12.5 Å². The average molecular weight is 219 g/mol. The number of carbonyl (C=O) groups excluding carboxylic acids is 1. The molecule has 0 heterocycles. The maximum atomic E-state index is 11.0. The Kier molecular flexibility index (Phi) is 3.86. The molecule has 0 saturated carbocycles. The molecule has 2 N–H and O–H groups in total. The van der Waals surface area contributed by atoms with Crippen molar-refractivity contribution in [1.82, 2.24) is 0 Å². The van der Waals surface area contributed by atoms with Crippen molar-refractivity contribution in [2.45, 2.75) is 0 Å². The fourth-order valence-electron chi connectivity index (χ4n) is 0.869. The lowest BCUT2D eigenvalue weighted by Gasteiger charge is -2.00. The van der Waals surface area contributed by atoms with Gasteiger partial charge in [-0.15, -0.1) is 0 Å². The van der Waals surface area contributed by atoms with E-state index >= 15 is 0 Å². The molecule has 0 radical (unpaired) electrons. The molecule has 6 nitrogen and oxygen atoms in total. The minimum Gasteiger partial charge on any atom is -0.508 e. The fourth-order valence-corrected chi connectivity index (χ4v) is 0.869. The summed E-state index contributed by atoms with van der Waals surface area (Å²) in [7, 11) is 1.16. The molecule has 0 saturated heterocycles. The van der Waals surface area contributed by atoms with Gasteiger partial charge in [0.1, 0.15) is 11.8 Å². The number of phenols is 1. The van der Waals surface area contributed by atoms with E-state index in [1.165, 1.54) is 12.1 Å². The van der Waals surface area contributed by atoms with Crippen LogP contribution in [0.1, 0.15) is 0 Å². The Balaban J connectivity index is 2.75. The van der Waals surface area contributed by atoms with Crippen molar-refractivity contribution < 1.29 is 14.6 Å². The number of nitrogens with zero attached hydrogens (tertiary/aromatic N) is 2. The first kappa shape index (κ1) is 11.5. The zero-order valence-electron chi connectivity index (χ0n) is 8.47. The Morgan fingerprint density at radius 3 is 2.62 bits per heavy atom. The molecular weight excluding hydrogens is 210 g/mol. The van der Waals surface area contributed by atoms with Crippen molar-refractivity contribution in [1.29, 1.82) is 5.26 Å². The van der Waals surface area contributed by atoms with Crippen LogP contribution in [-0.4, -0.2) is 23.9 Å². The van der Waals surface area contributed by atoms with Crippen LogP contribution < -0.4 is 5.43 Å². The normalized spacial score (nSPS) is 10.4. The molecule has 1 aromatic rings. The first-order chi connectivity index (χ1) is 7.67. The van der Waals surface area contributed by atoms with E-state index in [0.29, 0.717) is 5.69 Å². The molecule has 0 fully saturated rings. The van der Waals surface area contributed by atoms with E-state index in [1.54, 1.807) is 18.2 Å². The zero-order chi connectivity index (χ0) is 12.0. The molecule has 0 unspecified atom stereocenters. The third kappa shape index (κ3) is 2.99. The number of esters is 1. The molecule has 1 rings (SSSR count). The highest BCUT2D eigenvalue weighted by Gasteiger charge is 2.10. The molecule has 0 spiro atoms. The largest absolute Gasteiger partial charge is 0.508 e. The minimum atomic E-state index is -0.811. The zero-order valence-corrected chi connectivity index (χ0v) is 8.47. The van der Waals surface area contributed by atoms with E-state index in [2.05, 4.69) is 15.3 Å². The summed E-state index contributed by atoms with van der Waals surface area (Å²) in [5.41, 5.74) is 2.65. The third-order valence-corrected chi connectivity index (χ3v) is 1.65. The van der Waals surface area contributed by atoms with Gasteiger partial charge in [0.15, 0.2) is 0 Å². The fraction of sp³-hybridized carbons (Fsp3) is 0.100. The van der Waals surface area contributed by atoms with Gasteiger partial charge in [0.2, 0.25) is 5.71 Å². The Bertz CT molecular complexity index is 445. The maximum Gasteiger partial charge on any atom is 0.369 e. The predicted molar refractivity (Wildman–Crippen MR) is 56.8 cm³/mol. The Morgan fingerprint density at radius 1 is 1.50 bits per heavy atom. The molecule has 0 aliphatic heterocycles. The van der Waals surface area contributed by atoms with Gasteiger partial charge in [-0.05, 0) is 24.3 Å². The number of nitriles is 1. The van der Waals surface area contributed by atoms with Crippen molar-refractivity contribution in [3.05, 3.63) is 24.3 Å². The van der Waals surface area contributed by atoms with E-state index in [9.17, 15) is 4.79 Å². The number of ether oxygens (including phenoxy) is 1. The highest BCUT2D eigenvalue weighted by molar-refractivity contribution is 6.43. The number of rotatable bonds is 3. The van der Waals surface area contributed by atoms with Crippen LogP contribution in [0.2, 0.25) is 0 Å². The lowest BCUT2D eigenvalue weighted by atomic mass is 10.3. The summed E-state index contributed by atoms with van der Waals surface area (Å²) in [5.74, 6) is -0.697. The molecule has 16 heavy (non-hydrogen) atoms. The molecular formula is C10H9N3O3. The first-order valence-corrected chi connectivity index (χ1v) is 4.28. The minimum absolute atomic E-state index is 0.114. The number of hydrogen-bond donors (Lipinski definition) is 2. The Labute approximate surface area is 91.8 Å². The van der Waals surface area contributed by atoms with Gasteiger partial charge in [0.05, 0.1) is 12.8 Å². The lowest BCUT2D eigenvalue weighted by Crippen LogP contribution is -2.15. The average Bonchev–Trinajstić information content (AvgIpc) is 2.31. The van der Waals surface area contributed by atoms with E-state index in [0.717, 1.165) is 7.11 Å². The standard InChI is InChI=1S/C10H9N3O3/c1-16-10(15)9(6-11)13-12-7-2-4-8(14)5-3-7/h2-5,12,14H,1H3. The summed E-state index contributed by atoms with van der Waals surface area (Å²) < 4.78 is 4.34. The van der Waals surface area contributed by atoms with Gasteiger partial charge in [0.25, 0.3) is 0 Å². The van der Waals surface area contributed by atoms with Crippen molar-refractivity contribution in [3.8, 4) is 11.8 Å². The van der Waals surface area contributed by atoms with Gasteiger partial charge in [-0.25, -0.2) is 4.79 Å². The van der Waals surface area contributed by atoms with E-state index in [-0.39, 0.29) is 11.5 Å². The van der Waals surface area contributed by atoms with Crippen LogP contribution in [0.5, 0.6) is 5.75 Å². The molecule has 82 valence electrons. The monoisotopic (exact) mass is 219 g/mol. The molecule has 0 aromatic heterocycles. The highest BCUT2D eigenvalue weighted by atomic mass is 16.5. The van der Waals surface area contributed by atoms with Gasteiger partial charge >= 0.3 is 5.97 Å². The van der Waals surface area contributed by atoms with Gasteiger partial charge in [0, 0.05) is 0 Å². The van der Waals surface area contributed by atoms with Crippen LogP contribution >= 0.6 is 0 Å². The number of aromatic hydroxyl groups is 1. The summed E-state index contributed by atoms with van der Waals surface area (Å²) in [6, 6.07) is 7.58. The maximum absolute atomic E-state index is 11.0. The number of nitrogens with one attached hydrogen (secondary N) is 1. The smallest absolute Gasteiger partial charge is 0.369 e. The van der Waals surface area contributed by atoms with Crippen LogP contribution in [0, 0.1) is 11.3 Å². The summed E-state index contributed by atoms with van der Waals surface area (Å²) in [5, 5.41) is 21.2. The summed E-state index contributed by atoms with van der Waals surface area (Å²) >= 11 is 0. The van der Waals surface area contributed by atoms with Gasteiger partial charge in [-0.1, -0.05) is 0 Å². The number of hydrazone groups is 1. The van der Waals surface area contributed by atoms with Crippen LogP contribution in [0.25, 0.3) is 0 Å². The van der Waals surface area contributed by atoms with Crippen LogP contribution in [0.4, 0.5) is 5.69 Å². The van der Waals surface area contributed by atoms with Crippen LogP contribution in [-0.2, 0) is 9.53 Å². The second-order valence-corrected chi connectivity index (χ2v) is 2.72. The quantitative estimate of drug-likeness (QED) is 0.340. The molecule has 1 aromatic carbocycles. The summed E-state index contributed by atoms with van der Waals surface area (Å²) in [4.78, 5) is 11.0. The van der Waals surface area contributed by atoms with E-state index in [1.807, 2.05) is 0 Å². The Morgan fingerprint density at radius 2 is 2.12 bits per heavy atom. The van der Waals surface area contributed by atoms with Crippen molar-refractivity contribution >= 4 is 17.4 Å². The van der Waals surface area contributed by atoms with Gasteiger partial charge < -0.3 is 9.84 Å². The molecule has 6 heteroatoms. The van der Waals surface area contributed by atoms with E-state index in [4.69, 9.17) is 10.4 Å². The lowest BCUT2D eigenvalue weighted by molar-refractivity contribution is -0.132. The Hall–Kier alpha value is -2.55. The SMILES string of the molecule is COC(=O)C(C#N)=NNc1ccc(O)cc1. The number of anilines is 1. The third-order valence-electron chi connectivity index (χ3n) is 1.65. The van der Waals surface area contributed by atoms with Gasteiger partial charge in [-0.2, -0.15) is 10.4 Å². The highest BCUT2D eigenvalue weighted by Crippen LogP contribution is 2.13. The van der Waals surface area contributed by atoms with Crippen LogP contribution in [0.3, 0.4) is 0 Å². The number of hydrogen-bond acceptors (Lipinski definition) is 6. The number of carbonyl (C=O) groups is 1. The number of phenolic OH excluding ortho intramolecular Hbond substituents is 1. The van der Waals surface area contributed by atoms with Crippen molar-refractivity contribution in [2.24, 2.45) is 5.10 Å². The molecule has 0 atom stereocenters. The topological polar surface area (TPSA) is 94.7 Å². The molecule has 0 aliphatic rings. The molecule has 0 amide bonds. The molecule has 0 aliphatic carbocycles. The van der Waals surface area contributed by atoms with Gasteiger partial charge in [-0.3, -0.25) is 5.43 Å². The second kappa shape index (κ2) is 5.36. The summed E-state index contributed by atoms with van der Waals surface area (Å²) in [6.45, 7) is 0. The predicted octanol–water partition coefficient (Wildman–Crippen LogP) is 0.857. The first-order valence-electron chi connectivity index (χ1n) is 4.28. The number of benzene rings is 1. The second-order valence-electron chi connectivity index (χ2n) is 2.72. The van der Waals surface area contributed by atoms with Crippen LogP contribution in [0.15, 0.2) is 29.4 Å². The molecule has 0 bridgehead atoms. The number of methoxy groups -OCH3 is 1.